The summed E-state index contributed by atoms with van der Waals surface area (Å²) in [5.41, 5.74) is 2.02. The molecule has 0 bridgehead atoms. The van der Waals surface area contributed by atoms with E-state index in [1.807, 2.05) is 13.0 Å². The van der Waals surface area contributed by atoms with Gasteiger partial charge in [0.2, 0.25) is 0 Å². The summed E-state index contributed by atoms with van der Waals surface area (Å²) in [5.74, 6) is 0.568. The molecule has 6 nitrogen and oxygen atoms in total. The number of nitrogens with one attached hydrogen (secondary N) is 1. The number of aromatic nitrogens is 1. The van der Waals surface area contributed by atoms with Gasteiger partial charge in [-0.3, -0.25) is 10.1 Å². The third-order valence-corrected chi connectivity index (χ3v) is 2.80. The number of nitro groups is 1. The van der Waals surface area contributed by atoms with E-state index in [1.54, 1.807) is 24.3 Å². The second-order valence-electron chi connectivity index (χ2n) is 4.25. The topological polar surface area (TPSA) is 91.8 Å². The van der Waals surface area contributed by atoms with E-state index in [2.05, 4.69) is 10.3 Å². The van der Waals surface area contributed by atoms with E-state index in [1.165, 1.54) is 12.1 Å². The van der Waals surface area contributed by atoms with E-state index in [9.17, 15) is 10.1 Å². The van der Waals surface area contributed by atoms with Crippen molar-refractivity contribution in [3.63, 3.8) is 0 Å². The third-order valence-electron chi connectivity index (χ3n) is 2.80. The molecule has 0 aliphatic carbocycles. The van der Waals surface area contributed by atoms with Crippen LogP contribution in [-0.2, 0) is 6.54 Å². The smallest absolute Gasteiger partial charge is 0.269 e. The van der Waals surface area contributed by atoms with Crippen molar-refractivity contribution in [2.24, 2.45) is 0 Å². The lowest BCUT2D eigenvalue weighted by atomic mass is 10.2. The fourth-order valence-corrected chi connectivity index (χ4v) is 1.71. The number of benzene rings is 1. The SMILES string of the molecule is Cc1ccc(NCc2cccc([N+](=O)[O-])c2)nc1C#N. The largest absolute Gasteiger partial charge is 0.366 e. The van der Waals surface area contributed by atoms with E-state index in [0.29, 0.717) is 18.1 Å². The van der Waals surface area contributed by atoms with Gasteiger partial charge in [-0.25, -0.2) is 4.98 Å². The van der Waals surface area contributed by atoms with Crippen LogP contribution >= 0.6 is 0 Å². The maximum absolute atomic E-state index is 10.7. The van der Waals surface area contributed by atoms with Crippen LogP contribution in [0.1, 0.15) is 16.8 Å². The quantitative estimate of drug-likeness (QED) is 0.680. The number of nitro benzene ring substituents is 1. The molecule has 6 heteroatoms. The molecule has 0 saturated carbocycles. The van der Waals surface area contributed by atoms with Gasteiger partial charge in [0.1, 0.15) is 17.6 Å². The molecule has 1 aromatic carbocycles. The fraction of sp³-hybridized carbons (Fsp3) is 0.143. The first-order valence-electron chi connectivity index (χ1n) is 5.95. The van der Waals surface area contributed by atoms with E-state index in [-0.39, 0.29) is 5.69 Å². The van der Waals surface area contributed by atoms with Crippen LogP contribution in [0.2, 0.25) is 0 Å². The molecule has 0 fully saturated rings. The molecule has 1 heterocycles. The summed E-state index contributed by atoms with van der Waals surface area (Å²) in [6.07, 6.45) is 0. The lowest BCUT2D eigenvalue weighted by molar-refractivity contribution is -0.384. The summed E-state index contributed by atoms with van der Waals surface area (Å²) in [7, 11) is 0. The first-order chi connectivity index (χ1) is 9.60. The number of hydrogen-bond donors (Lipinski definition) is 1. The Morgan fingerprint density at radius 2 is 2.20 bits per heavy atom. The Morgan fingerprint density at radius 1 is 1.40 bits per heavy atom. The van der Waals surface area contributed by atoms with Crippen molar-refractivity contribution >= 4 is 11.5 Å². The molecule has 0 unspecified atom stereocenters. The number of nitrogens with zero attached hydrogens (tertiary/aromatic N) is 3. The lowest BCUT2D eigenvalue weighted by Gasteiger charge is -2.06. The summed E-state index contributed by atoms with van der Waals surface area (Å²) in [6.45, 7) is 2.22. The molecule has 0 aliphatic rings. The molecule has 100 valence electrons. The van der Waals surface area contributed by atoms with Gasteiger partial charge in [0, 0.05) is 18.7 Å². The Bertz CT molecular complexity index is 692. The second kappa shape index (κ2) is 5.80. The summed E-state index contributed by atoms with van der Waals surface area (Å²) in [4.78, 5) is 14.4. The summed E-state index contributed by atoms with van der Waals surface area (Å²) < 4.78 is 0. The predicted octanol–water partition coefficient (Wildman–Crippen LogP) is 2.78. The highest BCUT2D eigenvalue weighted by atomic mass is 16.6. The lowest BCUT2D eigenvalue weighted by Crippen LogP contribution is -2.03. The highest BCUT2D eigenvalue weighted by molar-refractivity contribution is 5.43. The van der Waals surface area contributed by atoms with Crippen molar-refractivity contribution in [3.8, 4) is 6.07 Å². The highest BCUT2D eigenvalue weighted by Crippen LogP contribution is 2.15. The Balaban J connectivity index is 2.11. The zero-order chi connectivity index (χ0) is 14.5. The van der Waals surface area contributed by atoms with E-state index < -0.39 is 4.92 Å². The molecule has 0 aliphatic heterocycles. The van der Waals surface area contributed by atoms with Crippen LogP contribution in [0.5, 0.6) is 0 Å². The number of nitriles is 1. The maximum atomic E-state index is 10.7. The first-order valence-corrected chi connectivity index (χ1v) is 5.95. The molecule has 2 aromatic rings. The van der Waals surface area contributed by atoms with Crippen LogP contribution in [0.25, 0.3) is 0 Å². The van der Waals surface area contributed by atoms with Crippen molar-refractivity contribution in [3.05, 3.63) is 63.3 Å². The number of anilines is 1. The van der Waals surface area contributed by atoms with Gasteiger partial charge < -0.3 is 5.32 Å². The Morgan fingerprint density at radius 3 is 2.90 bits per heavy atom. The van der Waals surface area contributed by atoms with Crippen molar-refractivity contribution in [2.45, 2.75) is 13.5 Å². The minimum atomic E-state index is -0.429. The molecular formula is C14H12N4O2. The molecule has 0 atom stereocenters. The standard InChI is InChI=1S/C14H12N4O2/c1-10-5-6-14(17-13(10)8-15)16-9-11-3-2-4-12(7-11)18(19)20/h2-7H,9H2,1H3,(H,16,17). The first kappa shape index (κ1) is 13.5. The average molecular weight is 268 g/mol. The van der Waals surface area contributed by atoms with Crippen LogP contribution in [0.4, 0.5) is 11.5 Å². The third kappa shape index (κ3) is 3.09. The van der Waals surface area contributed by atoms with Crippen LogP contribution < -0.4 is 5.32 Å². The van der Waals surface area contributed by atoms with Gasteiger partial charge in [-0.1, -0.05) is 18.2 Å². The number of rotatable bonds is 4. The van der Waals surface area contributed by atoms with Gasteiger partial charge in [-0.2, -0.15) is 5.26 Å². The zero-order valence-electron chi connectivity index (χ0n) is 10.8. The number of hydrogen-bond acceptors (Lipinski definition) is 5. The van der Waals surface area contributed by atoms with Crippen molar-refractivity contribution < 1.29 is 4.92 Å². The van der Waals surface area contributed by atoms with Crippen LogP contribution in [0, 0.1) is 28.4 Å². The molecule has 0 amide bonds. The van der Waals surface area contributed by atoms with Crippen molar-refractivity contribution in [2.75, 3.05) is 5.32 Å². The van der Waals surface area contributed by atoms with Gasteiger partial charge in [0.05, 0.1) is 4.92 Å². The summed E-state index contributed by atoms with van der Waals surface area (Å²) >= 11 is 0. The number of pyridine rings is 1. The van der Waals surface area contributed by atoms with Crippen molar-refractivity contribution in [1.82, 2.24) is 4.98 Å². The molecular weight excluding hydrogens is 256 g/mol. The van der Waals surface area contributed by atoms with Crippen LogP contribution in [-0.4, -0.2) is 9.91 Å². The number of aryl methyl sites for hydroxylation is 1. The van der Waals surface area contributed by atoms with Gasteiger partial charge in [-0.05, 0) is 24.1 Å². The minimum absolute atomic E-state index is 0.0545. The van der Waals surface area contributed by atoms with Crippen LogP contribution in [0.15, 0.2) is 36.4 Å². The molecule has 0 radical (unpaired) electrons. The molecule has 20 heavy (non-hydrogen) atoms. The van der Waals surface area contributed by atoms with Gasteiger partial charge in [-0.15, -0.1) is 0 Å². The molecule has 2 rings (SSSR count). The van der Waals surface area contributed by atoms with Crippen molar-refractivity contribution in [1.29, 1.82) is 5.26 Å². The van der Waals surface area contributed by atoms with E-state index in [0.717, 1.165) is 11.1 Å². The zero-order valence-corrected chi connectivity index (χ0v) is 10.8. The minimum Gasteiger partial charge on any atom is -0.366 e. The summed E-state index contributed by atoms with van der Waals surface area (Å²) in [5, 5.41) is 22.6. The Hall–Kier alpha value is -2.94. The van der Waals surface area contributed by atoms with Crippen LogP contribution in [0.3, 0.4) is 0 Å². The Labute approximate surface area is 115 Å². The fourth-order valence-electron chi connectivity index (χ4n) is 1.71. The van der Waals surface area contributed by atoms with E-state index in [4.69, 9.17) is 5.26 Å². The average Bonchev–Trinajstić information content (AvgIpc) is 2.46. The molecule has 0 saturated heterocycles. The highest BCUT2D eigenvalue weighted by Gasteiger charge is 2.06. The molecule has 0 spiro atoms. The number of non-ortho nitro benzene ring substituents is 1. The molecule has 1 aromatic heterocycles. The monoisotopic (exact) mass is 268 g/mol. The van der Waals surface area contributed by atoms with Gasteiger partial charge in [0.15, 0.2) is 0 Å². The maximum Gasteiger partial charge on any atom is 0.269 e. The Kier molecular flexibility index (Phi) is 3.91. The van der Waals surface area contributed by atoms with Gasteiger partial charge >= 0.3 is 0 Å². The predicted molar refractivity (Wildman–Crippen MR) is 74.1 cm³/mol. The molecule has 1 N–H and O–H groups in total. The van der Waals surface area contributed by atoms with E-state index >= 15 is 0 Å². The van der Waals surface area contributed by atoms with Gasteiger partial charge in [0.25, 0.3) is 5.69 Å². The second-order valence-corrected chi connectivity index (χ2v) is 4.25. The summed E-state index contributed by atoms with van der Waals surface area (Å²) in [6, 6.07) is 12.0. The normalized spacial score (nSPS) is 9.80.